The van der Waals surface area contributed by atoms with E-state index in [0.717, 1.165) is 15.5 Å². The molecule has 0 saturated carbocycles. The maximum atomic E-state index is 8.87. The predicted octanol–water partition coefficient (Wildman–Crippen LogP) is 2.16. The zero-order chi connectivity index (χ0) is 10.1. The molecule has 0 fully saturated rings. The number of hydrogen-bond donors (Lipinski definition) is 3. The first kappa shape index (κ1) is 15.7. The Morgan fingerprint density at radius 2 is 2.12 bits per heavy atom. The van der Waals surface area contributed by atoms with Crippen LogP contribution in [-0.2, 0) is 0 Å². The normalized spacial score (nSPS) is 11.7. The van der Waals surface area contributed by atoms with Gasteiger partial charge in [-0.05, 0) is 18.2 Å². The number of benzene rings is 1. The molecule has 1 atom stereocenters. The van der Waals surface area contributed by atoms with Crippen LogP contribution in [0.3, 0.4) is 0 Å². The lowest BCUT2D eigenvalue weighted by molar-refractivity contribution is 0.264. The van der Waals surface area contributed by atoms with Crippen molar-refractivity contribution < 1.29 is 5.11 Å². The van der Waals surface area contributed by atoms with E-state index < -0.39 is 6.04 Å². The second kappa shape index (κ2) is 6.42. The van der Waals surface area contributed by atoms with Crippen LogP contribution in [0.4, 0.5) is 0 Å². The molecule has 0 spiro atoms. The molecule has 7 heteroatoms. The van der Waals surface area contributed by atoms with E-state index in [1.54, 1.807) is 0 Å². The number of aliphatic hydroxyl groups excluding tert-OH is 1. The van der Waals surface area contributed by atoms with Crippen LogP contribution in [0.1, 0.15) is 11.9 Å². The summed E-state index contributed by atoms with van der Waals surface area (Å²) in [6, 6.07) is 5.29. The van der Waals surface area contributed by atoms with Gasteiger partial charge in [-0.3, -0.25) is 0 Å². The standard InChI is InChI=1S/C9H10BrN3O.2ClH/c10-5-1-2-7-8(3-5)13-9(12-7)6(11)4-14;;/h1-3,6,14H,4,11H2,(H,12,13);2*1H. The van der Waals surface area contributed by atoms with Crippen LogP contribution >= 0.6 is 40.7 Å². The van der Waals surface area contributed by atoms with Crippen molar-refractivity contribution in [1.82, 2.24) is 9.97 Å². The van der Waals surface area contributed by atoms with Crippen molar-refractivity contribution in [3.05, 3.63) is 28.5 Å². The molecule has 1 aromatic carbocycles. The average molecular weight is 329 g/mol. The molecule has 4 nitrogen and oxygen atoms in total. The lowest BCUT2D eigenvalue weighted by Crippen LogP contribution is -2.15. The lowest BCUT2D eigenvalue weighted by Gasteiger charge is -2.01. The Morgan fingerprint density at radius 3 is 2.75 bits per heavy atom. The van der Waals surface area contributed by atoms with Crippen molar-refractivity contribution in [1.29, 1.82) is 0 Å². The summed E-state index contributed by atoms with van der Waals surface area (Å²) in [4.78, 5) is 7.32. The van der Waals surface area contributed by atoms with Crippen LogP contribution in [0.5, 0.6) is 0 Å². The third kappa shape index (κ3) is 3.09. The molecule has 2 rings (SSSR count). The molecular weight excluding hydrogens is 317 g/mol. The highest BCUT2D eigenvalue weighted by Crippen LogP contribution is 2.19. The van der Waals surface area contributed by atoms with Gasteiger partial charge in [-0.1, -0.05) is 15.9 Å². The zero-order valence-corrected chi connectivity index (χ0v) is 11.4. The van der Waals surface area contributed by atoms with Crippen molar-refractivity contribution in [2.24, 2.45) is 5.73 Å². The number of nitrogens with two attached hydrogens (primary N) is 1. The number of fused-ring (bicyclic) bond motifs is 1. The quantitative estimate of drug-likeness (QED) is 0.790. The van der Waals surface area contributed by atoms with Gasteiger partial charge in [0, 0.05) is 4.47 Å². The third-order valence-electron chi connectivity index (χ3n) is 2.01. The van der Waals surface area contributed by atoms with Gasteiger partial charge in [-0.2, -0.15) is 0 Å². The number of aromatic amines is 1. The highest BCUT2D eigenvalue weighted by Gasteiger charge is 2.09. The number of H-pyrrole nitrogens is 1. The molecule has 1 heterocycles. The van der Waals surface area contributed by atoms with Gasteiger partial charge in [-0.15, -0.1) is 24.8 Å². The van der Waals surface area contributed by atoms with Crippen molar-refractivity contribution in [2.75, 3.05) is 6.61 Å². The first-order valence-corrected chi connectivity index (χ1v) is 5.01. The number of aromatic nitrogens is 2. The van der Waals surface area contributed by atoms with Gasteiger partial charge in [0.2, 0.25) is 0 Å². The van der Waals surface area contributed by atoms with Gasteiger partial charge in [0.25, 0.3) is 0 Å². The van der Waals surface area contributed by atoms with E-state index in [2.05, 4.69) is 25.9 Å². The second-order valence-corrected chi connectivity index (χ2v) is 3.99. The Morgan fingerprint density at radius 1 is 1.44 bits per heavy atom. The Labute approximate surface area is 114 Å². The summed E-state index contributed by atoms with van der Waals surface area (Å²) < 4.78 is 0.984. The molecule has 0 aliphatic carbocycles. The molecule has 16 heavy (non-hydrogen) atoms. The Balaban J connectivity index is 0.00000112. The molecule has 0 aliphatic heterocycles. The smallest absolute Gasteiger partial charge is 0.126 e. The number of rotatable bonds is 2. The van der Waals surface area contributed by atoms with E-state index in [4.69, 9.17) is 10.8 Å². The van der Waals surface area contributed by atoms with Gasteiger partial charge < -0.3 is 15.8 Å². The molecule has 0 amide bonds. The molecule has 0 saturated heterocycles. The van der Waals surface area contributed by atoms with Crippen molar-refractivity contribution in [3.63, 3.8) is 0 Å². The van der Waals surface area contributed by atoms with Crippen LogP contribution in [-0.4, -0.2) is 21.7 Å². The Bertz CT molecular complexity index is 463. The third-order valence-corrected chi connectivity index (χ3v) is 2.50. The zero-order valence-electron chi connectivity index (χ0n) is 8.18. The summed E-state index contributed by atoms with van der Waals surface area (Å²) >= 11 is 3.37. The van der Waals surface area contributed by atoms with Gasteiger partial charge in [0.1, 0.15) is 5.82 Å². The first-order valence-electron chi connectivity index (χ1n) is 4.22. The summed E-state index contributed by atoms with van der Waals surface area (Å²) in [6.45, 7) is -0.110. The fourth-order valence-corrected chi connectivity index (χ4v) is 1.62. The summed E-state index contributed by atoms with van der Waals surface area (Å²) in [6.07, 6.45) is 0. The van der Waals surface area contributed by atoms with Crippen LogP contribution in [0.25, 0.3) is 11.0 Å². The number of hydrogen-bond acceptors (Lipinski definition) is 3. The predicted molar refractivity (Wildman–Crippen MR) is 72.3 cm³/mol. The number of imidazole rings is 1. The minimum Gasteiger partial charge on any atom is -0.394 e. The first-order chi connectivity index (χ1) is 6.70. The van der Waals surface area contributed by atoms with Crippen LogP contribution in [0, 0.1) is 0 Å². The maximum Gasteiger partial charge on any atom is 0.126 e. The minimum absolute atomic E-state index is 0. The number of nitrogens with zero attached hydrogens (tertiary/aromatic N) is 1. The average Bonchev–Trinajstić information content (AvgIpc) is 2.59. The largest absolute Gasteiger partial charge is 0.394 e. The number of halogens is 3. The van der Waals surface area contributed by atoms with E-state index in [9.17, 15) is 0 Å². The summed E-state index contributed by atoms with van der Waals surface area (Å²) in [5.74, 6) is 0.612. The van der Waals surface area contributed by atoms with Crippen molar-refractivity contribution in [3.8, 4) is 0 Å². The van der Waals surface area contributed by atoms with E-state index in [0.29, 0.717) is 5.82 Å². The molecule has 0 aliphatic rings. The minimum atomic E-state index is -0.443. The number of aliphatic hydroxyl groups is 1. The molecule has 0 radical (unpaired) electrons. The highest BCUT2D eigenvalue weighted by atomic mass is 79.9. The summed E-state index contributed by atoms with van der Waals surface area (Å²) in [5.41, 5.74) is 7.41. The van der Waals surface area contributed by atoms with Gasteiger partial charge >= 0.3 is 0 Å². The molecule has 1 unspecified atom stereocenters. The SMILES string of the molecule is Cl.Cl.NC(CO)c1nc2ccc(Br)cc2[nH]1. The molecular formula is C9H12BrCl2N3O. The van der Waals surface area contributed by atoms with E-state index >= 15 is 0 Å². The van der Waals surface area contributed by atoms with Crippen LogP contribution < -0.4 is 5.73 Å². The monoisotopic (exact) mass is 327 g/mol. The maximum absolute atomic E-state index is 8.87. The summed E-state index contributed by atoms with van der Waals surface area (Å²) in [5, 5.41) is 8.87. The topological polar surface area (TPSA) is 74.9 Å². The van der Waals surface area contributed by atoms with Gasteiger partial charge in [0.15, 0.2) is 0 Å². The van der Waals surface area contributed by atoms with E-state index in [1.165, 1.54) is 0 Å². The van der Waals surface area contributed by atoms with Crippen molar-refractivity contribution in [2.45, 2.75) is 6.04 Å². The van der Waals surface area contributed by atoms with Gasteiger partial charge in [-0.25, -0.2) is 4.98 Å². The van der Waals surface area contributed by atoms with E-state index in [1.807, 2.05) is 18.2 Å². The fourth-order valence-electron chi connectivity index (χ4n) is 1.26. The molecule has 90 valence electrons. The summed E-state index contributed by atoms with van der Waals surface area (Å²) in [7, 11) is 0. The molecule has 2 aromatic rings. The molecule has 0 bridgehead atoms. The molecule has 4 N–H and O–H groups in total. The van der Waals surface area contributed by atoms with Crippen LogP contribution in [0.2, 0.25) is 0 Å². The Kier molecular flexibility index (Phi) is 6.28. The van der Waals surface area contributed by atoms with E-state index in [-0.39, 0.29) is 31.4 Å². The van der Waals surface area contributed by atoms with Crippen LogP contribution in [0.15, 0.2) is 22.7 Å². The highest BCUT2D eigenvalue weighted by molar-refractivity contribution is 9.10. The lowest BCUT2D eigenvalue weighted by atomic mass is 10.3. The Hall–Kier alpha value is -0.330. The fraction of sp³-hybridized carbons (Fsp3) is 0.222. The van der Waals surface area contributed by atoms with Crippen molar-refractivity contribution >= 4 is 51.8 Å². The second-order valence-electron chi connectivity index (χ2n) is 3.07. The van der Waals surface area contributed by atoms with Gasteiger partial charge in [0.05, 0.1) is 23.7 Å². The molecule has 1 aromatic heterocycles. The number of nitrogens with one attached hydrogen (secondary N) is 1.